The highest BCUT2D eigenvalue weighted by molar-refractivity contribution is 5.93. The molecule has 0 saturated heterocycles. The summed E-state index contributed by atoms with van der Waals surface area (Å²) in [5.74, 6) is 4.83. The summed E-state index contributed by atoms with van der Waals surface area (Å²) in [6.45, 7) is 0.0733. The predicted molar refractivity (Wildman–Crippen MR) is 75.3 cm³/mol. The molecular weight excluding hydrogens is 254 g/mol. The van der Waals surface area contributed by atoms with Gasteiger partial charge in [0.1, 0.15) is 12.2 Å². The van der Waals surface area contributed by atoms with Gasteiger partial charge in [0.15, 0.2) is 0 Å². The average Bonchev–Trinajstić information content (AvgIpc) is 2.87. The molecule has 3 N–H and O–H groups in total. The van der Waals surface area contributed by atoms with Crippen molar-refractivity contribution >= 4 is 16.8 Å². The summed E-state index contributed by atoms with van der Waals surface area (Å²) in [4.78, 5) is 15.8. The second-order valence-corrected chi connectivity index (χ2v) is 4.31. The van der Waals surface area contributed by atoms with E-state index in [0.29, 0.717) is 0 Å². The molecule has 3 aromatic rings. The maximum atomic E-state index is 11.5. The van der Waals surface area contributed by atoms with Crippen molar-refractivity contribution in [2.75, 3.05) is 0 Å². The van der Waals surface area contributed by atoms with Crippen LogP contribution in [-0.2, 0) is 11.3 Å². The quantitative estimate of drug-likeness (QED) is 0.422. The van der Waals surface area contributed by atoms with E-state index in [9.17, 15) is 4.79 Å². The fourth-order valence-electron chi connectivity index (χ4n) is 2.12. The van der Waals surface area contributed by atoms with Crippen LogP contribution in [0.25, 0.3) is 22.3 Å². The van der Waals surface area contributed by atoms with E-state index in [4.69, 9.17) is 5.84 Å². The van der Waals surface area contributed by atoms with Gasteiger partial charge in [-0.15, -0.1) is 0 Å². The standard InChI is InChI=1S/C14H13N5O/c15-17-13(20)9-19-12-7-2-1-5-10(12)14(18-19)11-6-3-4-8-16-11/h1-8H,9,15H2,(H,17,20). The minimum atomic E-state index is -0.300. The number of amides is 1. The third kappa shape index (κ3) is 2.12. The van der Waals surface area contributed by atoms with Crippen LogP contribution in [0.1, 0.15) is 0 Å². The number of hydrogen-bond donors (Lipinski definition) is 2. The van der Waals surface area contributed by atoms with E-state index in [1.54, 1.807) is 10.9 Å². The van der Waals surface area contributed by atoms with Crippen molar-refractivity contribution in [3.63, 3.8) is 0 Å². The first-order chi connectivity index (χ1) is 9.79. The zero-order valence-electron chi connectivity index (χ0n) is 10.7. The molecule has 1 amide bonds. The molecule has 0 spiro atoms. The van der Waals surface area contributed by atoms with Crippen LogP contribution >= 0.6 is 0 Å². The maximum absolute atomic E-state index is 11.5. The van der Waals surface area contributed by atoms with E-state index in [0.717, 1.165) is 22.3 Å². The Labute approximate surface area is 115 Å². The second kappa shape index (κ2) is 5.10. The molecule has 6 nitrogen and oxygen atoms in total. The number of rotatable bonds is 3. The fraction of sp³-hybridized carbons (Fsp3) is 0.0714. The Balaban J connectivity index is 2.16. The van der Waals surface area contributed by atoms with Crippen molar-refractivity contribution in [3.05, 3.63) is 48.7 Å². The van der Waals surface area contributed by atoms with Gasteiger partial charge in [-0.1, -0.05) is 24.3 Å². The molecule has 0 saturated carbocycles. The molecule has 2 aromatic heterocycles. The van der Waals surface area contributed by atoms with Gasteiger partial charge in [0.2, 0.25) is 0 Å². The normalized spacial score (nSPS) is 10.7. The number of benzene rings is 1. The van der Waals surface area contributed by atoms with Gasteiger partial charge in [-0.3, -0.25) is 19.9 Å². The largest absolute Gasteiger partial charge is 0.293 e. The van der Waals surface area contributed by atoms with Gasteiger partial charge in [0, 0.05) is 11.6 Å². The molecular formula is C14H13N5O. The van der Waals surface area contributed by atoms with Crippen molar-refractivity contribution in [3.8, 4) is 11.4 Å². The number of carbonyl (C=O) groups is 1. The van der Waals surface area contributed by atoms with Gasteiger partial charge in [-0.25, -0.2) is 5.84 Å². The Morgan fingerprint density at radius 1 is 1.20 bits per heavy atom. The number of nitrogens with two attached hydrogens (primary N) is 1. The van der Waals surface area contributed by atoms with E-state index in [1.807, 2.05) is 42.5 Å². The Kier molecular flexibility index (Phi) is 3.14. The highest BCUT2D eigenvalue weighted by atomic mass is 16.2. The molecule has 0 aliphatic rings. The van der Waals surface area contributed by atoms with Gasteiger partial charge in [0.25, 0.3) is 5.91 Å². The van der Waals surface area contributed by atoms with E-state index >= 15 is 0 Å². The van der Waals surface area contributed by atoms with Crippen LogP contribution in [0.5, 0.6) is 0 Å². The minimum absolute atomic E-state index is 0.0733. The summed E-state index contributed by atoms with van der Waals surface area (Å²) < 4.78 is 1.63. The number of nitrogens with one attached hydrogen (secondary N) is 1. The summed E-state index contributed by atoms with van der Waals surface area (Å²) in [6.07, 6.45) is 1.72. The lowest BCUT2D eigenvalue weighted by Gasteiger charge is -2.01. The third-order valence-electron chi connectivity index (χ3n) is 3.02. The zero-order chi connectivity index (χ0) is 13.9. The highest BCUT2D eigenvalue weighted by Gasteiger charge is 2.14. The van der Waals surface area contributed by atoms with Crippen LogP contribution in [0.4, 0.5) is 0 Å². The Bertz CT molecular complexity index is 751. The zero-order valence-corrected chi connectivity index (χ0v) is 10.7. The first-order valence-electron chi connectivity index (χ1n) is 6.16. The highest BCUT2D eigenvalue weighted by Crippen LogP contribution is 2.26. The van der Waals surface area contributed by atoms with Gasteiger partial charge in [0.05, 0.1) is 11.2 Å². The molecule has 3 rings (SSSR count). The minimum Gasteiger partial charge on any atom is -0.293 e. The lowest BCUT2D eigenvalue weighted by atomic mass is 10.1. The molecule has 0 fully saturated rings. The molecule has 6 heteroatoms. The van der Waals surface area contributed by atoms with Crippen molar-refractivity contribution in [2.24, 2.45) is 5.84 Å². The van der Waals surface area contributed by atoms with Crippen LogP contribution in [0.3, 0.4) is 0 Å². The topological polar surface area (TPSA) is 85.8 Å². The molecule has 1 aromatic carbocycles. The van der Waals surface area contributed by atoms with Crippen molar-refractivity contribution in [1.29, 1.82) is 0 Å². The fourth-order valence-corrected chi connectivity index (χ4v) is 2.12. The molecule has 0 bridgehead atoms. The van der Waals surface area contributed by atoms with Crippen LogP contribution in [-0.4, -0.2) is 20.7 Å². The number of pyridine rings is 1. The van der Waals surface area contributed by atoms with Crippen molar-refractivity contribution in [1.82, 2.24) is 20.2 Å². The van der Waals surface area contributed by atoms with E-state index in [1.165, 1.54) is 0 Å². The number of carbonyl (C=O) groups excluding carboxylic acids is 1. The Morgan fingerprint density at radius 3 is 2.75 bits per heavy atom. The number of nitrogens with zero attached hydrogens (tertiary/aromatic N) is 3. The van der Waals surface area contributed by atoms with E-state index in [2.05, 4.69) is 15.5 Å². The van der Waals surface area contributed by atoms with Crippen LogP contribution in [0, 0.1) is 0 Å². The molecule has 2 heterocycles. The van der Waals surface area contributed by atoms with Gasteiger partial charge in [-0.2, -0.15) is 5.10 Å². The van der Waals surface area contributed by atoms with Gasteiger partial charge in [-0.05, 0) is 18.2 Å². The van der Waals surface area contributed by atoms with Crippen LogP contribution < -0.4 is 11.3 Å². The molecule has 0 unspecified atom stereocenters. The number of aromatic nitrogens is 3. The summed E-state index contributed by atoms with van der Waals surface area (Å²) in [6, 6.07) is 13.4. The van der Waals surface area contributed by atoms with E-state index in [-0.39, 0.29) is 12.5 Å². The average molecular weight is 267 g/mol. The van der Waals surface area contributed by atoms with Gasteiger partial charge < -0.3 is 0 Å². The second-order valence-electron chi connectivity index (χ2n) is 4.31. The van der Waals surface area contributed by atoms with Crippen molar-refractivity contribution in [2.45, 2.75) is 6.54 Å². The summed E-state index contributed by atoms with van der Waals surface area (Å²) in [7, 11) is 0. The Hall–Kier alpha value is -2.73. The first kappa shape index (κ1) is 12.3. The number of fused-ring (bicyclic) bond motifs is 1. The third-order valence-corrected chi connectivity index (χ3v) is 3.02. The summed E-state index contributed by atoms with van der Waals surface area (Å²) >= 11 is 0. The molecule has 0 aliphatic carbocycles. The molecule has 20 heavy (non-hydrogen) atoms. The number of hydrazine groups is 1. The molecule has 100 valence electrons. The lowest BCUT2D eigenvalue weighted by Crippen LogP contribution is -2.33. The monoisotopic (exact) mass is 267 g/mol. The lowest BCUT2D eigenvalue weighted by molar-refractivity contribution is -0.121. The molecule has 0 radical (unpaired) electrons. The van der Waals surface area contributed by atoms with E-state index < -0.39 is 0 Å². The van der Waals surface area contributed by atoms with Crippen LogP contribution in [0.15, 0.2) is 48.7 Å². The molecule has 0 aliphatic heterocycles. The number of para-hydroxylation sites is 1. The molecule has 0 atom stereocenters. The smallest absolute Gasteiger partial charge is 0.255 e. The number of hydrogen-bond acceptors (Lipinski definition) is 4. The predicted octanol–water partition coefficient (Wildman–Crippen LogP) is 1.09. The summed E-state index contributed by atoms with van der Waals surface area (Å²) in [5.41, 5.74) is 4.51. The summed E-state index contributed by atoms with van der Waals surface area (Å²) in [5, 5.41) is 5.44. The Morgan fingerprint density at radius 2 is 2.00 bits per heavy atom. The van der Waals surface area contributed by atoms with Crippen LogP contribution in [0.2, 0.25) is 0 Å². The maximum Gasteiger partial charge on any atom is 0.255 e. The SMILES string of the molecule is NNC(=O)Cn1nc(-c2ccccn2)c2ccccc21. The van der Waals surface area contributed by atoms with Gasteiger partial charge >= 0.3 is 0 Å². The first-order valence-corrected chi connectivity index (χ1v) is 6.16. The van der Waals surface area contributed by atoms with Crippen molar-refractivity contribution < 1.29 is 4.79 Å².